The van der Waals surface area contributed by atoms with Crippen molar-refractivity contribution in [3.8, 4) is 0 Å². The largest absolute Gasteiger partial charge is 0.290 e. The first-order valence-corrected chi connectivity index (χ1v) is 7.00. The van der Waals surface area contributed by atoms with E-state index < -0.39 is 10.5 Å². The van der Waals surface area contributed by atoms with Gasteiger partial charge < -0.3 is 0 Å². The van der Waals surface area contributed by atoms with Crippen molar-refractivity contribution in [3.63, 3.8) is 0 Å². The number of benzene rings is 2. The van der Waals surface area contributed by atoms with E-state index in [0.717, 1.165) is 9.76 Å². The first-order valence-electron chi connectivity index (χ1n) is 6.28. The smallest absolute Gasteiger partial charge is 0.266 e. The molecular formula is C14H9Cl2N3O3. The average Bonchev–Trinajstić information content (AvgIpc) is 2.74. The van der Waals surface area contributed by atoms with Crippen LogP contribution in [0.25, 0.3) is 10.9 Å². The summed E-state index contributed by atoms with van der Waals surface area (Å²) in [5, 5.41) is 11.6. The lowest BCUT2D eigenvalue weighted by Crippen LogP contribution is -2.15. The Morgan fingerprint density at radius 1 is 1.18 bits per heavy atom. The quantitative estimate of drug-likeness (QED) is 0.543. The zero-order chi connectivity index (χ0) is 15.9. The summed E-state index contributed by atoms with van der Waals surface area (Å²) < 4.78 is 2.43. The summed E-state index contributed by atoms with van der Waals surface area (Å²) in [5.41, 5.74) is 0.628. The van der Waals surface area contributed by atoms with Crippen molar-refractivity contribution in [2.45, 2.75) is 6.54 Å². The normalized spacial score (nSPS) is 11.0. The molecule has 22 heavy (non-hydrogen) atoms. The van der Waals surface area contributed by atoms with Crippen LogP contribution in [-0.4, -0.2) is 13.8 Å². The first kappa shape index (κ1) is 14.6. The second-order valence-corrected chi connectivity index (χ2v) is 5.40. The van der Waals surface area contributed by atoms with Crippen LogP contribution in [0.2, 0.25) is 5.02 Å². The van der Waals surface area contributed by atoms with E-state index in [1.54, 1.807) is 12.1 Å². The van der Waals surface area contributed by atoms with Crippen LogP contribution < -0.4 is 5.56 Å². The lowest BCUT2D eigenvalue weighted by Gasteiger charge is -2.08. The molecule has 0 amide bonds. The van der Waals surface area contributed by atoms with E-state index in [1.807, 2.05) is 12.1 Å². The van der Waals surface area contributed by atoms with Gasteiger partial charge in [0.25, 0.3) is 11.2 Å². The average molecular weight is 338 g/mol. The van der Waals surface area contributed by atoms with Crippen molar-refractivity contribution in [2.24, 2.45) is 0 Å². The lowest BCUT2D eigenvalue weighted by atomic mass is 10.2. The molecule has 0 saturated carbocycles. The van der Waals surface area contributed by atoms with Gasteiger partial charge in [0.15, 0.2) is 0 Å². The van der Waals surface area contributed by atoms with Crippen molar-refractivity contribution in [2.75, 3.05) is 0 Å². The summed E-state index contributed by atoms with van der Waals surface area (Å²) in [6.45, 7) is 0.278. The fourth-order valence-electron chi connectivity index (χ4n) is 2.27. The zero-order valence-corrected chi connectivity index (χ0v) is 12.6. The topological polar surface area (TPSA) is 70.1 Å². The number of nitro groups is 1. The predicted molar refractivity (Wildman–Crippen MR) is 84.7 cm³/mol. The van der Waals surface area contributed by atoms with E-state index in [9.17, 15) is 14.9 Å². The highest BCUT2D eigenvalue weighted by molar-refractivity contribution is 6.31. The first-order chi connectivity index (χ1) is 10.5. The highest BCUT2D eigenvalue weighted by atomic mass is 35.5. The molecule has 6 nitrogen and oxygen atoms in total. The molecule has 1 aromatic heterocycles. The van der Waals surface area contributed by atoms with Crippen LogP contribution in [0.1, 0.15) is 5.56 Å². The Kier molecular flexibility index (Phi) is 3.64. The van der Waals surface area contributed by atoms with Crippen LogP contribution in [0.4, 0.5) is 5.69 Å². The monoisotopic (exact) mass is 337 g/mol. The Bertz CT molecular complexity index is 946. The fraction of sp³-hybridized carbons (Fsp3) is 0.0714. The summed E-state index contributed by atoms with van der Waals surface area (Å²) in [7, 11) is 0. The molecule has 1 heterocycles. The molecule has 0 unspecified atom stereocenters. The van der Waals surface area contributed by atoms with Crippen LogP contribution in [0.5, 0.6) is 0 Å². The standard InChI is InChI=1S/C14H9Cl2N3O3/c15-12-4-2-1-3-9(12)8-17-13-6-5-10(19(21)22)7-11(13)14(20)18(17)16/h1-7H,8H2. The van der Waals surface area contributed by atoms with Crippen LogP contribution in [0, 0.1) is 10.1 Å². The minimum absolute atomic E-state index is 0.156. The maximum Gasteiger partial charge on any atom is 0.290 e. The number of fused-ring (bicyclic) bond motifs is 1. The summed E-state index contributed by atoms with van der Waals surface area (Å²) in [6, 6.07) is 11.3. The van der Waals surface area contributed by atoms with Gasteiger partial charge in [0.1, 0.15) is 0 Å². The summed E-state index contributed by atoms with van der Waals surface area (Å²) >= 11 is 12.1. The second kappa shape index (κ2) is 5.47. The molecule has 0 spiro atoms. The maximum atomic E-state index is 12.2. The number of aromatic nitrogens is 2. The third-order valence-electron chi connectivity index (χ3n) is 3.36. The molecule has 0 radical (unpaired) electrons. The van der Waals surface area contributed by atoms with Gasteiger partial charge in [0, 0.05) is 28.9 Å². The number of halogens is 2. The molecule has 8 heteroatoms. The van der Waals surface area contributed by atoms with Crippen molar-refractivity contribution in [3.05, 3.63) is 73.5 Å². The number of non-ortho nitro benzene ring substituents is 1. The number of rotatable bonds is 3. The molecule has 0 fully saturated rings. The van der Waals surface area contributed by atoms with Gasteiger partial charge in [-0.25, -0.2) is 0 Å². The molecule has 112 valence electrons. The lowest BCUT2D eigenvalue weighted by molar-refractivity contribution is -0.384. The Morgan fingerprint density at radius 2 is 1.91 bits per heavy atom. The number of hydrogen-bond donors (Lipinski definition) is 0. The predicted octanol–water partition coefficient (Wildman–Crippen LogP) is 3.41. The fourth-order valence-corrected chi connectivity index (χ4v) is 2.69. The van der Waals surface area contributed by atoms with Gasteiger partial charge in [0.2, 0.25) is 0 Å². The number of nitrogens with zero attached hydrogens (tertiary/aromatic N) is 3. The van der Waals surface area contributed by atoms with Crippen molar-refractivity contribution in [1.29, 1.82) is 0 Å². The van der Waals surface area contributed by atoms with Crippen LogP contribution >= 0.6 is 23.4 Å². The molecular weight excluding hydrogens is 329 g/mol. The van der Waals surface area contributed by atoms with Gasteiger partial charge in [-0.1, -0.05) is 29.8 Å². The summed E-state index contributed by atoms with van der Waals surface area (Å²) in [6.07, 6.45) is 0. The minimum Gasteiger partial charge on any atom is -0.266 e. The van der Waals surface area contributed by atoms with E-state index in [1.165, 1.54) is 22.9 Å². The minimum atomic E-state index is -0.553. The molecule has 0 N–H and O–H groups in total. The third kappa shape index (κ3) is 2.36. The van der Waals surface area contributed by atoms with Crippen LogP contribution in [-0.2, 0) is 6.54 Å². The highest BCUT2D eigenvalue weighted by Gasteiger charge is 2.16. The molecule has 0 atom stereocenters. The van der Waals surface area contributed by atoms with E-state index in [2.05, 4.69) is 0 Å². The van der Waals surface area contributed by atoms with Crippen LogP contribution in [0.15, 0.2) is 47.3 Å². The molecule has 2 aromatic carbocycles. The molecule has 0 saturated heterocycles. The summed E-state index contributed by atoms with van der Waals surface area (Å²) in [5.74, 6) is 0. The van der Waals surface area contributed by atoms with Crippen molar-refractivity contribution >= 4 is 40.0 Å². The third-order valence-corrected chi connectivity index (χ3v) is 4.06. The molecule has 3 rings (SSSR count). The second-order valence-electron chi connectivity index (χ2n) is 4.67. The molecule has 0 aliphatic rings. The Hall–Kier alpha value is -2.31. The molecule has 0 bridgehead atoms. The van der Waals surface area contributed by atoms with E-state index in [4.69, 9.17) is 23.4 Å². The van der Waals surface area contributed by atoms with Crippen molar-refractivity contribution in [1.82, 2.24) is 8.88 Å². The Labute approximate surface area is 134 Å². The highest BCUT2D eigenvalue weighted by Crippen LogP contribution is 2.22. The van der Waals surface area contributed by atoms with E-state index >= 15 is 0 Å². The van der Waals surface area contributed by atoms with Gasteiger partial charge in [-0.05, 0) is 17.7 Å². The van der Waals surface area contributed by atoms with Gasteiger partial charge in [-0.2, -0.15) is 4.20 Å². The maximum absolute atomic E-state index is 12.2. The Morgan fingerprint density at radius 3 is 2.59 bits per heavy atom. The van der Waals surface area contributed by atoms with Gasteiger partial charge in [0.05, 0.1) is 22.4 Å². The molecule has 0 aliphatic heterocycles. The summed E-state index contributed by atoms with van der Waals surface area (Å²) in [4.78, 5) is 22.4. The number of hydrogen-bond acceptors (Lipinski definition) is 3. The van der Waals surface area contributed by atoms with Crippen LogP contribution in [0.3, 0.4) is 0 Å². The molecule has 0 aliphatic carbocycles. The van der Waals surface area contributed by atoms with Gasteiger partial charge in [-0.3, -0.25) is 19.6 Å². The zero-order valence-electron chi connectivity index (χ0n) is 11.1. The SMILES string of the molecule is O=c1c2cc([N+](=O)[O-])ccc2n(Cc2ccccc2Cl)n1Cl. The van der Waals surface area contributed by atoms with Crippen molar-refractivity contribution < 1.29 is 4.92 Å². The van der Waals surface area contributed by atoms with E-state index in [0.29, 0.717) is 10.5 Å². The van der Waals surface area contributed by atoms with Gasteiger partial charge in [-0.15, -0.1) is 0 Å². The molecule has 3 aromatic rings. The van der Waals surface area contributed by atoms with Gasteiger partial charge >= 0.3 is 0 Å². The number of nitro benzene ring substituents is 1. The Balaban J connectivity index is 2.18. The van der Waals surface area contributed by atoms with E-state index in [-0.39, 0.29) is 17.6 Å².